The van der Waals surface area contributed by atoms with Crippen LogP contribution in [0.4, 0.5) is 0 Å². The standard InChI is InChI=1S/C15H20O5/c1-15(2,14(16)17)9-10-5-6-11-13(12(10)18-3)20-8-4-7-19-11/h5-6H,4,7-9H2,1-3H3,(H,16,17). The van der Waals surface area contributed by atoms with Crippen molar-refractivity contribution in [2.45, 2.75) is 26.7 Å². The quantitative estimate of drug-likeness (QED) is 0.918. The summed E-state index contributed by atoms with van der Waals surface area (Å²) in [5.41, 5.74) is -0.0586. The van der Waals surface area contributed by atoms with Gasteiger partial charge < -0.3 is 19.3 Å². The molecule has 0 bridgehead atoms. The van der Waals surface area contributed by atoms with Gasteiger partial charge in [0.2, 0.25) is 5.75 Å². The van der Waals surface area contributed by atoms with Crippen molar-refractivity contribution in [3.8, 4) is 17.2 Å². The van der Waals surface area contributed by atoms with E-state index < -0.39 is 11.4 Å². The summed E-state index contributed by atoms with van der Waals surface area (Å²) in [4.78, 5) is 11.3. The number of carboxylic acid groups (broad SMARTS) is 1. The highest BCUT2D eigenvalue weighted by atomic mass is 16.5. The Balaban J connectivity index is 2.39. The summed E-state index contributed by atoms with van der Waals surface area (Å²) in [7, 11) is 1.56. The Morgan fingerprint density at radius 3 is 2.70 bits per heavy atom. The molecule has 0 saturated carbocycles. The number of fused-ring (bicyclic) bond motifs is 1. The van der Waals surface area contributed by atoms with Gasteiger partial charge >= 0.3 is 5.97 Å². The second-order valence-electron chi connectivity index (χ2n) is 5.50. The third-order valence-electron chi connectivity index (χ3n) is 3.37. The molecule has 0 amide bonds. The number of hydrogen-bond acceptors (Lipinski definition) is 4. The average Bonchev–Trinajstić information content (AvgIpc) is 2.63. The molecule has 1 N–H and O–H groups in total. The molecule has 110 valence electrons. The Morgan fingerprint density at radius 1 is 1.35 bits per heavy atom. The fraction of sp³-hybridized carbons (Fsp3) is 0.533. The van der Waals surface area contributed by atoms with Crippen LogP contribution in [-0.2, 0) is 11.2 Å². The zero-order valence-electron chi connectivity index (χ0n) is 12.1. The molecule has 0 aliphatic carbocycles. The van der Waals surface area contributed by atoms with Crippen molar-refractivity contribution < 1.29 is 24.1 Å². The summed E-state index contributed by atoms with van der Waals surface area (Å²) in [6, 6.07) is 3.66. The Morgan fingerprint density at radius 2 is 2.05 bits per heavy atom. The number of aliphatic carboxylic acids is 1. The van der Waals surface area contributed by atoms with Gasteiger partial charge in [-0.25, -0.2) is 0 Å². The van der Waals surface area contributed by atoms with Crippen LogP contribution in [0.3, 0.4) is 0 Å². The molecule has 1 aliphatic heterocycles. The first-order valence-electron chi connectivity index (χ1n) is 6.64. The zero-order valence-corrected chi connectivity index (χ0v) is 12.1. The van der Waals surface area contributed by atoms with Crippen LogP contribution in [0.2, 0.25) is 0 Å². The van der Waals surface area contributed by atoms with Crippen molar-refractivity contribution in [2.75, 3.05) is 20.3 Å². The fourth-order valence-electron chi connectivity index (χ4n) is 2.17. The first-order valence-corrected chi connectivity index (χ1v) is 6.64. The normalized spacial score (nSPS) is 14.6. The maximum atomic E-state index is 11.3. The van der Waals surface area contributed by atoms with Crippen molar-refractivity contribution in [2.24, 2.45) is 5.41 Å². The molecule has 0 fully saturated rings. The molecule has 5 heteroatoms. The van der Waals surface area contributed by atoms with E-state index >= 15 is 0 Å². The van der Waals surface area contributed by atoms with E-state index in [1.807, 2.05) is 12.1 Å². The van der Waals surface area contributed by atoms with Crippen LogP contribution in [0.15, 0.2) is 12.1 Å². The van der Waals surface area contributed by atoms with E-state index in [0.717, 1.165) is 12.0 Å². The first-order chi connectivity index (χ1) is 9.45. The lowest BCUT2D eigenvalue weighted by Gasteiger charge is -2.22. The molecule has 0 saturated heterocycles. The fourth-order valence-corrected chi connectivity index (χ4v) is 2.17. The minimum Gasteiger partial charge on any atom is -0.492 e. The molecule has 0 atom stereocenters. The van der Waals surface area contributed by atoms with Gasteiger partial charge in [-0.3, -0.25) is 4.79 Å². The van der Waals surface area contributed by atoms with Gasteiger partial charge in [0.05, 0.1) is 25.7 Å². The molecule has 0 unspecified atom stereocenters. The largest absolute Gasteiger partial charge is 0.492 e. The van der Waals surface area contributed by atoms with Gasteiger partial charge in [-0.2, -0.15) is 0 Å². The maximum Gasteiger partial charge on any atom is 0.309 e. The van der Waals surface area contributed by atoms with Gasteiger partial charge in [0, 0.05) is 6.42 Å². The molecule has 1 aliphatic rings. The highest BCUT2D eigenvalue weighted by Gasteiger charge is 2.30. The van der Waals surface area contributed by atoms with Crippen LogP contribution in [0.1, 0.15) is 25.8 Å². The minimum atomic E-state index is -0.868. The van der Waals surface area contributed by atoms with Crippen LogP contribution in [0.5, 0.6) is 17.2 Å². The summed E-state index contributed by atoms with van der Waals surface area (Å²) < 4.78 is 16.7. The van der Waals surface area contributed by atoms with E-state index in [-0.39, 0.29) is 0 Å². The molecule has 0 aromatic heterocycles. The Labute approximate surface area is 118 Å². The smallest absolute Gasteiger partial charge is 0.309 e. The Kier molecular flexibility index (Phi) is 4.06. The summed E-state index contributed by atoms with van der Waals surface area (Å²) >= 11 is 0. The Bertz CT molecular complexity index is 507. The number of methoxy groups -OCH3 is 1. The predicted octanol–water partition coefficient (Wildman–Crippen LogP) is 2.51. The summed E-state index contributed by atoms with van der Waals surface area (Å²) in [6.07, 6.45) is 1.18. The summed E-state index contributed by atoms with van der Waals surface area (Å²) in [5.74, 6) is 0.949. The van der Waals surface area contributed by atoms with E-state index in [9.17, 15) is 9.90 Å². The van der Waals surface area contributed by atoms with Crippen LogP contribution in [0, 0.1) is 5.41 Å². The molecule has 1 aromatic carbocycles. The van der Waals surface area contributed by atoms with Crippen LogP contribution in [-0.4, -0.2) is 31.4 Å². The highest BCUT2D eigenvalue weighted by Crippen LogP contribution is 2.43. The number of hydrogen-bond donors (Lipinski definition) is 1. The lowest BCUT2D eigenvalue weighted by molar-refractivity contribution is -0.146. The SMILES string of the molecule is COc1c(CC(C)(C)C(=O)O)ccc2c1OCCCO2. The van der Waals surface area contributed by atoms with Gasteiger partial charge in [0.1, 0.15) is 0 Å². The molecule has 1 heterocycles. The van der Waals surface area contributed by atoms with Crippen molar-refractivity contribution in [1.29, 1.82) is 0 Å². The van der Waals surface area contributed by atoms with Crippen molar-refractivity contribution in [3.63, 3.8) is 0 Å². The second-order valence-corrected chi connectivity index (χ2v) is 5.50. The number of carboxylic acids is 1. The number of benzene rings is 1. The molecule has 1 aromatic rings. The molecule has 2 rings (SSSR count). The lowest BCUT2D eigenvalue weighted by Crippen LogP contribution is -2.26. The molecular weight excluding hydrogens is 260 g/mol. The molecular formula is C15H20O5. The molecule has 0 radical (unpaired) electrons. The van der Waals surface area contributed by atoms with Crippen LogP contribution >= 0.6 is 0 Å². The monoisotopic (exact) mass is 280 g/mol. The summed E-state index contributed by atoms with van der Waals surface area (Å²) in [6.45, 7) is 4.56. The van der Waals surface area contributed by atoms with Gasteiger partial charge in [-0.1, -0.05) is 6.07 Å². The minimum absolute atomic E-state index is 0.363. The van der Waals surface area contributed by atoms with Gasteiger partial charge in [0.25, 0.3) is 0 Å². The van der Waals surface area contributed by atoms with Crippen LogP contribution < -0.4 is 14.2 Å². The zero-order chi connectivity index (χ0) is 14.8. The van der Waals surface area contributed by atoms with E-state index in [2.05, 4.69) is 0 Å². The van der Waals surface area contributed by atoms with Crippen LogP contribution in [0.25, 0.3) is 0 Å². The van der Waals surface area contributed by atoms with Gasteiger partial charge in [0.15, 0.2) is 11.5 Å². The number of ether oxygens (including phenoxy) is 3. The predicted molar refractivity (Wildman–Crippen MR) is 73.7 cm³/mol. The third-order valence-corrected chi connectivity index (χ3v) is 3.37. The van der Waals surface area contributed by atoms with Crippen molar-refractivity contribution >= 4 is 5.97 Å². The average molecular weight is 280 g/mol. The van der Waals surface area contributed by atoms with Crippen molar-refractivity contribution in [1.82, 2.24) is 0 Å². The first kappa shape index (κ1) is 14.5. The van der Waals surface area contributed by atoms with Gasteiger partial charge in [-0.05, 0) is 31.9 Å². The second kappa shape index (κ2) is 5.61. The van der Waals surface area contributed by atoms with E-state index in [0.29, 0.717) is 36.9 Å². The van der Waals surface area contributed by atoms with E-state index in [1.54, 1.807) is 21.0 Å². The Hall–Kier alpha value is -1.91. The number of carbonyl (C=O) groups is 1. The third kappa shape index (κ3) is 2.81. The molecule has 5 nitrogen and oxygen atoms in total. The van der Waals surface area contributed by atoms with Gasteiger partial charge in [-0.15, -0.1) is 0 Å². The highest BCUT2D eigenvalue weighted by molar-refractivity contribution is 5.74. The van der Waals surface area contributed by atoms with E-state index in [4.69, 9.17) is 14.2 Å². The molecule has 20 heavy (non-hydrogen) atoms. The summed E-state index contributed by atoms with van der Waals surface area (Å²) in [5, 5.41) is 9.25. The van der Waals surface area contributed by atoms with E-state index in [1.165, 1.54) is 0 Å². The topological polar surface area (TPSA) is 65.0 Å². The lowest BCUT2D eigenvalue weighted by atomic mass is 9.85. The van der Waals surface area contributed by atoms with Crippen molar-refractivity contribution in [3.05, 3.63) is 17.7 Å². The number of rotatable bonds is 4. The molecule has 0 spiro atoms. The maximum absolute atomic E-state index is 11.3.